The third-order valence-corrected chi connectivity index (χ3v) is 3.39. The highest BCUT2D eigenvalue weighted by molar-refractivity contribution is 5.75. The van der Waals surface area contributed by atoms with Gasteiger partial charge in [-0.2, -0.15) is 0 Å². The number of carbonyl (C=O) groups excluding carboxylic acids is 2. The fourth-order valence-corrected chi connectivity index (χ4v) is 2.24. The minimum atomic E-state index is -0.104. The van der Waals surface area contributed by atoms with Crippen molar-refractivity contribution in [2.45, 2.75) is 44.6 Å². The molecule has 0 heterocycles. The van der Waals surface area contributed by atoms with Gasteiger partial charge in [0.15, 0.2) is 0 Å². The Labute approximate surface area is 108 Å². The summed E-state index contributed by atoms with van der Waals surface area (Å²) in [4.78, 5) is 22.3. The molecule has 104 valence electrons. The molecule has 1 aliphatic rings. The van der Waals surface area contributed by atoms with Crippen LogP contribution < -0.4 is 5.32 Å². The molecule has 0 aromatic heterocycles. The Morgan fingerprint density at radius 3 is 2.44 bits per heavy atom. The zero-order chi connectivity index (χ0) is 13.4. The van der Waals surface area contributed by atoms with Crippen LogP contribution in [0.4, 0.5) is 0 Å². The number of carbonyl (C=O) groups is 2. The van der Waals surface area contributed by atoms with E-state index in [4.69, 9.17) is 9.47 Å². The monoisotopic (exact) mass is 257 g/mol. The van der Waals surface area contributed by atoms with E-state index in [1.165, 1.54) is 7.11 Å². The number of nitrogens with one attached hydrogen (secondary N) is 1. The Kier molecular flexibility index (Phi) is 6.72. The van der Waals surface area contributed by atoms with Crippen molar-refractivity contribution >= 4 is 11.9 Å². The van der Waals surface area contributed by atoms with Crippen molar-refractivity contribution in [1.82, 2.24) is 5.32 Å². The molecular weight excluding hydrogens is 234 g/mol. The molecule has 0 aromatic rings. The molecule has 0 aromatic carbocycles. The first-order chi connectivity index (χ1) is 8.67. The number of hydrogen-bond donors (Lipinski definition) is 1. The molecule has 0 unspecified atom stereocenters. The van der Waals surface area contributed by atoms with Crippen LogP contribution in [0, 0.1) is 5.92 Å². The van der Waals surface area contributed by atoms with Gasteiger partial charge in [-0.25, -0.2) is 0 Å². The number of rotatable bonds is 6. The molecule has 0 radical (unpaired) electrons. The van der Waals surface area contributed by atoms with Gasteiger partial charge in [-0.1, -0.05) is 0 Å². The molecule has 1 amide bonds. The second kappa shape index (κ2) is 8.08. The number of esters is 1. The third kappa shape index (κ3) is 5.04. The molecule has 5 heteroatoms. The third-order valence-electron chi connectivity index (χ3n) is 3.39. The first-order valence-electron chi connectivity index (χ1n) is 6.57. The van der Waals surface area contributed by atoms with Crippen molar-refractivity contribution < 1.29 is 19.1 Å². The lowest BCUT2D eigenvalue weighted by atomic mass is 9.87. The number of ether oxygens (including phenoxy) is 2. The van der Waals surface area contributed by atoms with Crippen molar-refractivity contribution in [1.29, 1.82) is 0 Å². The number of hydrogen-bond acceptors (Lipinski definition) is 4. The largest absolute Gasteiger partial charge is 0.469 e. The summed E-state index contributed by atoms with van der Waals surface area (Å²) < 4.78 is 10.4. The molecule has 0 bridgehead atoms. The van der Waals surface area contributed by atoms with Gasteiger partial charge >= 0.3 is 5.97 Å². The summed E-state index contributed by atoms with van der Waals surface area (Å²) in [7, 11) is 3.07. The lowest BCUT2D eigenvalue weighted by molar-refractivity contribution is -0.147. The van der Waals surface area contributed by atoms with E-state index < -0.39 is 0 Å². The predicted octanol–water partition coefficient (Wildman–Crippen LogP) is 1.26. The van der Waals surface area contributed by atoms with Crippen LogP contribution in [0.2, 0.25) is 0 Å². The van der Waals surface area contributed by atoms with Crippen molar-refractivity contribution in [3.63, 3.8) is 0 Å². The molecule has 0 saturated heterocycles. The zero-order valence-electron chi connectivity index (χ0n) is 11.2. The van der Waals surface area contributed by atoms with Gasteiger partial charge in [-0.3, -0.25) is 9.59 Å². The molecule has 18 heavy (non-hydrogen) atoms. The summed E-state index contributed by atoms with van der Waals surface area (Å²) in [5.74, 6) is -0.0122. The highest BCUT2D eigenvalue weighted by Gasteiger charge is 2.27. The summed E-state index contributed by atoms with van der Waals surface area (Å²) in [6.45, 7) is 0.612. The highest BCUT2D eigenvalue weighted by Crippen LogP contribution is 2.27. The van der Waals surface area contributed by atoms with Gasteiger partial charge < -0.3 is 14.8 Å². The molecule has 1 fully saturated rings. The minimum Gasteiger partial charge on any atom is -0.469 e. The fourth-order valence-electron chi connectivity index (χ4n) is 2.24. The Morgan fingerprint density at radius 2 is 1.89 bits per heavy atom. The topological polar surface area (TPSA) is 64.6 Å². The molecule has 5 nitrogen and oxygen atoms in total. The average molecular weight is 257 g/mol. The Morgan fingerprint density at radius 1 is 1.22 bits per heavy atom. The lowest BCUT2D eigenvalue weighted by Gasteiger charge is -2.26. The molecule has 0 atom stereocenters. The molecule has 1 rings (SSSR count). The molecular formula is C13H23NO4. The van der Waals surface area contributed by atoms with Crippen LogP contribution in [0.3, 0.4) is 0 Å². The van der Waals surface area contributed by atoms with Gasteiger partial charge in [0.1, 0.15) is 0 Å². The van der Waals surface area contributed by atoms with Crippen molar-refractivity contribution in [2.75, 3.05) is 20.8 Å². The van der Waals surface area contributed by atoms with Crippen LogP contribution in [0.15, 0.2) is 0 Å². The first kappa shape index (κ1) is 15.0. The smallest absolute Gasteiger partial charge is 0.308 e. The molecule has 0 aliphatic heterocycles. The van der Waals surface area contributed by atoms with Gasteiger partial charge in [0.2, 0.25) is 5.91 Å². The van der Waals surface area contributed by atoms with Gasteiger partial charge in [-0.05, 0) is 32.1 Å². The maximum atomic E-state index is 11.3. The van der Waals surface area contributed by atoms with E-state index in [9.17, 15) is 9.59 Å². The van der Waals surface area contributed by atoms with E-state index in [0.29, 0.717) is 13.0 Å². The van der Waals surface area contributed by atoms with Crippen molar-refractivity contribution in [2.24, 2.45) is 5.92 Å². The second-order valence-electron chi connectivity index (χ2n) is 4.64. The zero-order valence-corrected chi connectivity index (χ0v) is 11.2. The first-order valence-corrected chi connectivity index (χ1v) is 6.57. The van der Waals surface area contributed by atoms with Crippen LogP contribution in [0.25, 0.3) is 0 Å². The quantitative estimate of drug-likeness (QED) is 0.574. The van der Waals surface area contributed by atoms with Crippen molar-refractivity contribution in [3.8, 4) is 0 Å². The fraction of sp³-hybridized carbons (Fsp3) is 0.846. The highest BCUT2D eigenvalue weighted by atomic mass is 16.5. The Balaban J connectivity index is 2.09. The molecule has 0 spiro atoms. The van der Waals surface area contributed by atoms with E-state index in [1.54, 1.807) is 7.05 Å². The van der Waals surface area contributed by atoms with Gasteiger partial charge in [0.25, 0.3) is 0 Å². The van der Waals surface area contributed by atoms with E-state index in [1.807, 2.05) is 0 Å². The van der Waals surface area contributed by atoms with Gasteiger partial charge in [-0.15, -0.1) is 0 Å². The summed E-state index contributed by atoms with van der Waals surface area (Å²) >= 11 is 0. The normalized spacial score (nSPS) is 23.4. The number of methoxy groups -OCH3 is 1. The summed E-state index contributed by atoms with van der Waals surface area (Å²) in [6, 6.07) is 0. The predicted molar refractivity (Wildman–Crippen MR) is 67.0 cm³/mol. The van der Waals surface area contributed by atoms with E-state index in [0.717, 1.165) is 32.1 Å². The van der Waals surface area contributed by atoms with Gasteiger partial charge in [0, 0.05) is 20.1 Å². The summed E-state index contributed by atoms with van der Waals surface area (Å²) in [5, 5.41) is 2.58. The maximum Gasteiger partial charge on any atom is 0.308 e. The molecule has 1 N–H and O–H groups in total. The van der Waals surface area contributed by atoms with Gasteiger partial charge in [0.05, 0.1) is 19.1 Å². The van der Waals surface area contributed by atoms with Crippen LogP contribution in [0.5, 0.6) is 0 Å². The molecule has 1 aliphatic carbocycles. The second-order valence-corrected chi connectivity index (χ2v) is 4.64. The summed E-state index contributed by atoms with van der Waals surface area (Å²) in [6.07, 6.45) is 4.97. The SMILES string of the molecule is CNC(=O)CCCOC1CCC(C(=O)OC)CC1. The number of amides is 1. The van der Waals surface area contributed by atoms with E-state index in [2.05, 4.69) is 5.32 Å². The summed E-state index contributed by atoms with van der Waals surface area (Å²) in [5.41, 5.74) is 0. The maximum absolute atomic E-state index is 11.3. The van der Waals surface area contributed by atoms with Crippen LogP contribution in [-0.2, 0) is 19.1 Å². The van der Waals surface area contributed by atoms with E-state index in [-0.39, 0.29) is 23.9 Å². The van der Waals surface area contributed by atoms with E-state index >= 15 is 0 Å². The molecule has 1 saturated carbocycles. The Bertz CT molecular complexity index is 272. The average Bonchev–Trinajstić information content (AvgIpc) is 2.43. The van der Waals surface area contributed by atoms with Crippen LogP contribution in [0.1, 0.15) is 38.5 Å². The van der Waals surface area contributed by atoms with Crippen LogP contribution >= 0.6 is 0 Å². The van der Waals surface area contributed by atoms with Crippen molar-refractivity contribution in [3.05, 3.63) is 0 Å². The standard InChI is InChI=1S/C13H23NO4/c1-14-12(15)4-3-9-18-11-7-5-10(6-8-11)13(16)17-2/h10-11H,3-9H2,1-2H3,(H,14,15). The Hall–Kier alpha value is -1.10. The minimum absolute atomic E-state index is 0.0423. The van der Waals surface area contributed by atoms with Crippen LogP contribution in [-0.4, -0.2) is 38.7 Å². The lowest BCUT2D eigenvalue weighted by Crippen LogP contribution is -2.27.